The van der Waals surface area contributed by atoms with Crippen molar-refractivity contribution in [1.82, 2.24) is 9.88 Å². The van der Waals surface area contributed by atoms with Crippen LogP contribution in [0.5, 0.6) is 0 Å². The van der Waals surface area contributed by atoms with Crippen LogP contribution in [0.25, 0.3) is 0 Å². The number of aryl methyl sites for hydroxylation is 1. The van der Waals surface area contributed by atoms with Crippen molar-refractivity contribution < 1.29 is 4.79 Å². The van der Waals surface area contributed by atoms with Crippen LogP contribution >= 0.6 is 11.6 Å². The summed E-state index contributed by atoms with van der Waals surface area (Å²) in [7, 11) is 0. The van der Waals surface area contributed by atoms with Crippen LogP contribution in [0.1, 0.15) is 30.3 Å². The van der Waals surface area contributed by atoms with Gasteiger partial charge in [0.1, 0.15) is 5.69 Å². The van der Waals surface area contributed by atoms with E-state index in [1.54, 1.807) is 12.3 Å². The monoisotopic (exact) mass is 238 g/mol. The third-order valence-corrected chi connectivity index (χ3v) is 2.43. The Kier molecular flexibility index (Phi) is 4.94. The molecule has 0 spiro atoms. The smallest absolute Gasteiger partial charge is 0.267 e. The van der Waals surface area contributed by atoms with Gasteiger partial charge in [0.05, 0.1) is 5.02 Å². The summed E-state index contributed by atoms with van der Waals surface area (Å²) in [5.41, 5.74) is 0.591. The molecule has 1 amide bonds. The Morgan fingerprint density at radius 1 is 1.69 bits per heavy atom. The molecular formula is C12H15ClN2O. The molecule has 0 fully saturated rings. The van der Waals surface area contributed by atoms with Crippen LogP contribution < -0.4 is 5.32 Å². The van der Waals surface area contributed by atoms with Gasteiger partial charge in [0.2, 0.25) is 0 Å². The first-order chi connectivity index (χ1) is 7.69. The number of terminal acetylenes is 1. The number of nitrogens with one attached hydrogen (secondary N) is 1. The fourth-order valence-corrected chi connectivity index (χ4v) is 1.63. The van der Waals surface area contributed by atoms with E-state index in [1.165, 1.54) is 0 Å². The van der Waals surface area contributed by atoms with E-state index in [0.29, 0.717) is 23.7 Å². The summed E-state index contributed by atoms with van der Waals surface area (Å²) < 4.78 is 1.82. The second-order valence-corrected chi connectivity index (χ2v) is 3.83. The van der Waals surface area contributed by atoms with Gasteiger partial charge in [0.25, 0.3) is 5.91 Å². The van der Waals surface area contributed by atoms with Gasteiger partial charge in [0.15, 0.2) is 0 Å². The molecule has 4 heteroatoms. The molecule has 0 aromatic carbocycles. The number of carbonyl (C=O) groups is 1. The molecule has 1 aromatic rings. The van der Waals surface area contributed by atoms with Gasteiger partial charge < -0.3 is 9.88 Å². The fourth-order valence-electron chi connectivity index (χ4n) is 1.41. The zero-order valence-electron chi connectivity index (χ0n) is 9.29. The molecule has 0 aliphatic rings. The van der Waals surface area contributed by atoms with Crippen molar-refractivity contribution in [1.29, 1.82) is 0 Å². The average molecular weight is 239 g/mol. The van der Waals surface area contributed by atoms with E-state index >= 15 is 0 Å². The van der Waals surface area contributed by atoms with E-state index in [-0.39, 0.29) is 5.91 Å². The molecule has 1 aromatic heterocycles. The van der Waals surface area contributed by atoms with Crippen LogP contribution in [0.3, 0.4) is 0 Å². The maximum Gasteiger partial charge on any atom is 0.267 e. The number of amides is 1. The lowest BCUT2D eigenvalue weighted by Gasteiger charge is -2.06. The molecule has 1 N–H and O–H groups in total. The summed E-state index contributed by atoms with van der Waals surface area (Å²) in [6.45, 7) is 3.28. The van der Waals surface area contributed by atoms with Crippen molar-refractivity contribution in [2.24, 2.45) is 0 Å². The Balaban J connectivity index is 2.55. The predicted molar refractivity (Wildman–Crippen MR) is 65.5 cm³/mol. The van der Waals surface area contributed by atoms with Crippen molar-refractivity contribution in [2.75, 3.05) is 6.54 Å². The number of unbranched alkanes of at least 4 members (excludes halogenated alkanes) is 1. The van der Waals surface area contributed by atoms with E-state index in [9.17, 15) is 4.79 Å². The van der Waals surface area contributed by atoms with E-state index < -0.39 is 0 Å². The fraction of sp³-hybridized carbons (Fsp3) is 0.417. The molecule has 0 bridgehead atoms. The Hall–Kier alpha value is -1.40. The highest BCUT2D eigenvalue weighted by Gasteiger charge is 2.11. The molecular weight excluding hydrogens is 224 g/mol. The zero-order chi connectivity index (χ0) is 12.0. The minimum Gasteiger partial charge on any atom is -0.351 e. The largest absolute Gasteiger partial charge is 0.351 e. The van der Waals surface area contributed by atoms with Crippen LogP contribution in [-0.2, 0) is 6.54 Å². The van der Waals surface area contributed by atoms with E-state index in [2.05, 4.69) is 11.2 Å². The summed E-state index contributed by atoms with van der Waals surface area (Å²) in [6, 6.07) is 1.67. The van der Waals surface area contributed by atoms with Crippen LogP contribution in [-0.4, -0.2) is 17.0 Å². The Labute approximate surface area is 101 Å². The number of rotatable bonds is 5. The third-order valence-electron chi connectivity index (χ3n) is 2.22. The number of hydrogen-bond donors (Lipinski definition) is 1. The number of aromatic nitrogens is 1. The molecule has 0 saturated heterocycles. The maximum atomic E-state index is 11.8. The molecule has 1 heterocycles. The first-order valence-corrected chi connectivity index (χ1v) is 5.64. The predicted octanol–water partition coefficient (Wildman–Crippen LogP) is 2.30. The standard InChI is InChI=1S/C12H15ClN2O/c1-3-5-6-7-14-12(16)11-8-10(13)9-15(11)4-2/h1,8-9H,4-7H2,2H3,(H,14,16). The van der Waals surface area contributed by atoms with Gasteiger partial charge in [-0.3, -0.25) is 4.79 Å². The summed E-state index contributed by atoms with van der Waals surface area (Å²) in [6.07, 6.45) is 8.34. The molecule has 0 saturated carbocycles. The second-order valence-electron chi connectivity index (χ2n) is 3.39. The Morgan fingerprint density at radius 3 is 3.06 bits per heavy atom. The average Bonchev–Trinajstić information content (AvgIpc) is 2.65. The van der Waals surface area contributed by atoms with Crippen LogP contribution in [0.4, 0.5) is 0 Å². The van der Waals surface area contributed by atoms with Crippen LogP contribution in [0.15, 0.2) is 12.3 Å². The van der Waals surface area contributed by atoms with Crippen LogP contribution in [0.2, 0.25) is 5.02 Å². The lowest BCUT2D eigenvalue weighted by molar-refractivity contribution is 0.0944. The Morgan fingerprint density at radius 2 is 2.44 bits per heavy atom. The van der Waals surface area contributed by atoms with Gasteiger partial charge in [-0.05, 0) is 19.4 Å². The lowest BCUT2D eigenvalue weighted by atomic mass is 10.3. The molecule has 16 heavy (non-hydrogen) atoms. The highest BCUT2D eigenvalue weighted by Crippen LogP contribution is 2.13. The topological polar surface area (TPSA) is 34.0 Å². The highest BCUT2D eigenvalue weighted by molar-refractivity contribution is 6.31. The van der Waals surface area contributed by atoms with Gasteiger partial charge in [-0.2, -0.15) is 0 Å². The number of nitrogens with zero attached hydrogens (tertiary/aromatic N) is 1. The summed E-state index contributed by atoms with van der Waals surface area (Å²) >= 11 is 5.84. The van der Waals surface area contributed by atoms with Gasteiger partial charge in [-0.1, -0.05) is 11.6 Å². The Bertz CT molecular complexity index is 404. The quantitative estimate of drug-likeness (QED) is 0.620. The van der Waals surface area contributed by atoms with Crippen molar-refractivity contribution in [3.63, 3.8) is 0 Å². The minimum atomic E-state index is -0.106. The highest BCUT2D eigenvalue weighted by atomic mass is 35.5. The molecule has 0 radical (unpaired) electrons. The van der Waals surface area contributed by atoms with Gasteiger partial charge in [-0.15, -0.1) is 12.3 Å². The molecule has 0 atom stereocenters. The SMILES string of the molecule is C#CCCCNC(=O)c1cc(Cl)cn1CC. The van der Waals surface area contributed by atoms with Gasteiger partial charge in [-0.25, -0.2) is 0 Å². The van der Waals surface area contributed by atoms with Crippen molar-refractivity contribution in [3.8, 4) is 12.3 Å². The molecule has 3 nitrogen and oxygen atoms in total. The van der Waals surface area contributed by atoms with Crippen molar-refractivity contribution in [2.45, 2.75) is 26.3 Å². The zero-order valence-corrected chi connectivity index (χ0v) is 10.0. The van der Waals surface area contributed by atoms with Gasteiger partial charge in [0, 0.05) is 25.7 Å². The second kappa shape index (κ2) is 6.24. The summed E-state index contributed by atoms with van der Waals surface area (Å²) in [5.74, 6) is 2.42. The van der Waals surface area contributed by atoms with Crippen LogP contribution in [0, 0.1) is 12.3 Å². The molecule has 0 unspecified atom stereocenters. The third kappa shape index (κ3) is 3.32. The van der Waals surface area contributed by atoms with E-state index in [1.807, 2.05) is 11.5 Å². The van der Waals surface area contributed by atoms with Crippen molar-refractivity contribution in [3.05, 3.63) is 23.0 Å². The molecule has 0 aliphatic carbocycles. The van der Waals surface area contributed by atoms with E-state index in [0.717, 1.165) is 13.0 Å². The normalized spacial score (nSPS) is 9.81. The number of halogens is 1. The van der Waals surface area contributed by atoms with E-state index in [4.69, 9.17) is 18.0 Å². The molecule has 86 valence electrons. The molecule has 0 aliphatic heterocycles. The van der Waals surface area contributed by atoms with Crippen molar-refractivity contribution >= 4 is 17.5 Å². The molecule has 1 rings (SSSR count). The first-order valence-electron chi connectivity index (χ1n) is 5.26. The minimum absolute atomic E-state index is 0.106. The van der Waals surface area contributed by atoms with Gasteiger partial charge >= 0.3 is 0 Å². The summed E-state index contributed by atoms with van der Waals surface area (Å²) in [5, 5.41) is 3.39. The lowest BCUT2D eigenvalue weighted by Crippen LogP contribution is -2.26. The first kappa shape index (κ1) is 12.7. The summed E-state index contributed by atoms with van der Waals surface area (Å²) in [4.78, 5) is 11.8. The number of carbonyl (C=O) groups excluding carboxylic acids is 1. The maximum absolute atomic E-state index is 11.8. The number of hydrogen-bond acceptors (Lipinski definition) is 1.